The zero-order chi connectivity index (χ0) is 18.9. The molecular weight excluding hydrogens is 336 g/mol. The molecule has 1 heterocycles. The SMILES string of the molecule is COc1cc(/C=N/NC(=O)CCN2CCN(C)CC2)cc(OC)c1OC. The second-order valence-electron chi connectivity index (χ2n) is 6.15. The molecule has 0 spiro atoms. The summed E-state index contributed by atoms with van der Waals surface area (Å²) in [7, 11) is 6.77. The Labute approximate surface area is 154 Å². The molecule has 1 aromatic carbocycles. The number of methoxy groups -OCH3 is 3. The molecule has 0 radical (unpaired) electrons. The number of likely N-dealkylation sites (N-methyl/N-ethyl adjacent to an activating group) is 1. The summed E-state index contributed by atoms with van der Waals surface area (Å²) in [6.07, 6.45) is 1.98. The number of ether oxygens (including phenoxy) is 3. The standard InChI is InChI=1S/C18H28N4O4/c1-21-7-9-22(10-8-21)6-5-17(23)20-19-13-14-11-15(24-2)18(26-4)16(12-14)25-3/h11-13H,5-10H2,1-4H3,(H,20,23)/b19-13+. The molecule has 2 rings (SSSR count). The Kier molecular flexibility index (Phi) is 7.68. The third-order valence-corrected chi connectivity index (χ3v) is 4.34. The van der Waals surface area contributed by atoms with Crippen LogP contribution in [0.4, 0.5) is 0 Å². The van der Waals surface area contributed by atoms with Gasteiger partial charge in [-0.05, 0) is 19.2 Å². The van der Waals surface area contributed by atoms with Crippen molar-refractivity contribution < 1.29 is 19.0 Å². The molecule has 0 saturated carbocycles. The molecule has 8 nitrogen and oxygen atoms in total. The maximum atomic E-state index is 12.0. The number of carbonyl (C=O) groups excluding carboxylic acids is 1. The fourth-order valence-corrected chi connectivity index (χ4v) is 2.74. The molecule has 1 aromatic rings. The van der Waals surface area contributed by atoms with E-state index in [2.05, 4.69) is 27.4 Å². The molecule has 0 atom stereocenters. The van der Waals surface area contributed by atoms with Gasteiger partial charge in [0.05, 0.1) is 27.5 Å². The van der Waals surface area contributed by atoms with Crippen LogP contribution < -0.4 is 19.6 Å². The van der Waals surface area contributed by atoms with Gasteiger partial charge >= 0.3 is 0 Å². The lowest BCUT2D eigenvalue weighted by atomic mass is 10.2. The van der Waals surface area contributed by atoms with Gasteiger partial charge in [-0.1, -0.05) is 0 Å². The summed E-state index contributed by atoms with van der Waals surface area (Å²) < 4.78 is 15.9. The normalized spacial score (nSPS) is 15.8. The van der Waals surface area contributed by atoms with Crippen molar-refractivity contribution in [2.75, 3.05) is 61.1 Å². The predicted molar refractivity (Wildman–Crippen MR) is 100 cm³/mol. The molecule has 1 amide bonds. The largest absolute Gasteiger partial charge is 0.493 e. The summed E-state index contributed by atoms with van der Waals surface area (Å²) in [6.45, 7) is 4.83. The lowest BCUT2D eigenvalue weighted by molar-refractivity contribution is -0.121. The Hall–Kier alpha value is -2.32. The number of nitrogens with zero attached hydrogens (tertiary/aromatic N) is 3. The van der Waals surface area contributed by atoms with Crippen LogP contribution in [-0.2, 0) is 4.79 Å². The number of rotatable bonds is 8. The Morgan fingerprint density at radius 1 is 1.12 bits per heavy atom. The number of carbonyl (C=O) groups is 1. The minimum Gasteiger partial charge on any atom is -0.493 e. The van der Waals surface area contributed by atoms with Gasteiger partial charge in [0, 0.05) is 44.7 Å². The van der Waals surface area contributed by atoms with Crippen LogP contribution in [0.5, 0.6) is 17.2 Å². The monoisotopic (exact) mass is 364 g/mol. The van der Waals surface area contributed by atoms with Gasteiger partial charge in [-0.15, -0.1) is 0 Å². The summed E-state index contributed by atoms with van der Waals surface area (Å²) in [6, 6.07) is 3.53. The molecule has 1 aliphatic heterocycles. The van der Waals surface area contributed by atoms with E-state index in [-0.39, 0.29) is 5.91 Å². The third kappa shape index (κ3) is 5.60. The van der Waals surface area contributed by atoms with E-state index in [9.17, 15) is 4.79 Å². The first-order valence-corrected chi connectivity index (χ1v) is 8.60. The minimum absolute atomic E-state index is 0.104. The van der Waals surface area contributed by atoms with Crippen LogP contribution in [0.1, 0.15) is 12.0 Å². The Bertz CT molecular complexity index is 603. The highest BCUT2D eigenvalue weighted by molar-refractivity contribution is 5.84. The van der Waals surface area contributed by atoms with Crippen LogP contribution in [0.25, 0.3) is 0 Å². The lowest BCUT2D eigenvalue weighted by Crippen LogP contribution is -2.45. The summed E-state index contributed by atoms with van der Waals surface area (Å²) >= 11 is 0. The average molecular weight is 364 g/mol. The quantitative estimate of drug-likeness (QED) is 0.543. The van der Waals surface area contributed by atoms with Crippen molar-refractivity contribution in [3.63, 3.8) is 0 Å². The number of hydrogen-bond acceptors (Lipinski definition) is 7. The third-order valence-electron chi connectivity index (χ3n) is 4.34. The van der Waals surface area contributed by atoms with Crippen LogP contribution >= 0.6 is 0 Å². The maximum absolute atomic E-state index is 12.0. The summed E-state index contributed by atoms with van der Waals surface area (Å²) in [5.74, 6) is 1.49. The fourth-order valence-electron chi connectivity index (χ4n) is 2.74. The van der Waals surface area contributed by atoms with Gasteiger partial charge in [0.25, 0.3) is 0 Å². The minimum atomic E-state index is -0.104. The molecule has 144 valence electrons. The second kappa shape index (κ2) is 9.98. The lowest BCUT2D eigenvalue weighted by Gasteiger charge is -2.32. The first kappa shape index (κ1) is 20.0. The number of hydrogen-bond donors (Lipinski definition) is 1. The van der Waals surface area contributed by atoms with E-state index in [1.807, 2.05) is 0 Å². The Morgan fingerprint density at radius 3 is 2.27 bits per heavy atom. The van der Waals surface area contributed by atoms with Crippen molar-refractivity contribution in [3.05, 3.63) is 17.7 Å². The molecule has 8 heteroatoms. The molecule has 0 aromatic heterocycles. The number of nitrogens with one attached hydrogen (secondary N) is 1. The molecule has 0 aliphatic carbocycles. The first-order chi connectivity index (χ1) is 12.6. The van der Waals surface area contributed by atoms with E-state index < -0.39 is 0 Å². The van der Waals surface area contributed by atoms with Gasteiger partial charge in [0.15, 0.2) is 11.5 Å². The predicted octanol–water partition coefficient (Wildman–Crippen LogP) is 0.800. The number of hydrazone groups is 1. The summed E-state index contributed by atoms with van der Waals surface area (Å²) in [4.78, 5) is 16.5. The highest BCUT2D eigenvalue weighted by Gasteiger charge is 2.15. The second-order valence-corrected chi connectivity index (χ2v) is 6.15. The number of amides is 1. The van der Waals surface area contributed by atoms with Crippen LogP contribution in [0.2, 0.25) is 0 Å². The van der Waals surface area contributed by atoms with E-state index in [0.717, 1.165) is 38.3 Å². The number of benzene rings is 1. The van der Waals surface area contributed by atoms with E-state index in [0.29, 0.717) is 23.7 Å². The fraction of sp³-hybridized carbons (Fsp3) is 0.556. The zero-order valence-electron chi connectivity index (χ0n) is 15.9. The van der Waals surface area contributed by atoms with Crippen LogP contribution in [-0.4, -0.2) is 83.0 Å². The molecule has 1 saturated heterocycles. The van der Waals surface area contributed by atoms with Crippen molar-refractivity contribution in [1.82, 2.24) is 15.2 Å². The van der Waals surface area contributed by atoms with Gasteiger partial charge in [-0.3, -0.25) is 4.79 Å². The zero-order valence-corrected chi connectivity index (χ0v) is 15.9. The molecular formula is C18H28N4O4. The smallest absolute Gasteiger partial charge is 0.241 e. The van der Waals surface area contributed by atoms with Crippen LogP contribution in [0, 0.1) is 0 Å². The van der Waals surface area contributed by atoms with E-state index in [4.69, 9.17) is 14.2 Å². The van der Waals surface area contributed by atoms with Crippen LogP contribution in [0.3, 0.4) is 0 Å². The van der Waals surface area contributed by atoms with Crippen molar-refractivity contribution in [1.29, 1.82) is 0 Å². The molecule has 1 aliphatic rings. The Morgan fingerprint density at radius 2 is 1.73 bits per heavy atom. The van der Waals surface area contributed by atoms with Gasteiger partial charge in [-0.25, -0.2) is 5.43 Å². The van der Waals surface area contributed by atoms with Crippen LogP contribution in [0.15, 0.2) is 17.2 Å². The average Bonchev–Trinajstić information content (AvgIpc) is 2.66. The summed E-state index contributed by atoms with van der Waals surface area (Å²) in [5, 5.41) is 4.02. The summed E-state index contributed by atoms with van der Waals surface area (Å²) in [5.41, 5.74) is 3.30. The molecule has 1 N–H and O–H groups in total. The highest BCUT2D eigenvalue weighted by Crippen LogP contribution is 2.37. The van der Waals surface area contributed by atoms with Crippen molar-refractivity contribution in [2.45, 2.75) is 6.42 Å². The van der Waals surface area contributed by atoms with E-state index >= 15 is 0 Å². The molecule has 1 fully saturated rings. The topological polar surface area (TPSA) is 75.6 Å². The van der Waals surface area contributed by atoms with Crippen molar-refractivity contribution in [3.8, 4) is 17.2 Å². The van der Waals surface area contributed by atoms with Gasteiger partial charge < -0.3 is 24.0 Å². The number of piperazine rings is 1. The van der Waals surface area contributed by atoms with E-state index in [1.54, 1.807) is 39.7 Å². The Balaban J connectivity index is 1.86. The highest BCUT2D eigenvalue weighted by atomic mass is 16.5. The van der Waals surface area contributed by atoms with Crippen molar-refractivity contribution >= 4 is 12.1 Å². The van der Waals surface area contributed by atoms with Gasteiger partial charge in [0.2, 0.25) is 11.7 Å². The van der Waals surface area contributed by atoms with E-state index in [1.165, 1.54) is 0 Å². The first-order valence-electron chi connectivity index (χ1n) is 8.60. The van der Waals surface area contributed by atoms with Gasteiger partial charge in [-0.2, -0.15) is 5.10 Å². The molecule has 0 bridgehead atoms. The maximum Gasteiger partial charge on any atom is 0.241 e. The van der Waals surface area contributed by atoms with Crippen molar-refractivity contribution in [2.24, 2.45) is 5.10 Å². The molecule has 26 heavy (non-hydrogen) atoms. The van der Waals surface area contributed by atoms with Gasteiger partial charge in [0.1, 0.15) is 0 Å². The molecule has 0 unspecified atom stereocenters.